The molecule has 1 amide bonds. The fraction of sp³-hybridized carbons (Fsp3) is 0.462. The fourth-order valence-electron chi connectivity index (χ4n) is 1.70. The molecule has 0 fully saturated rings. The number of aryl methyl sites for hydroxylation is 1. The van der Waals surface area contributed by atoms with Gasteiger partial charge in [0.15, 0.2) is 0 Å². The van der Waals surface area contributed by atoms with E-state index in [2.05, 4.69) is 0 Å². The third-order valence-electron chi connectivity index (χ3n) is 2.51. The first-order chi connectivity index (χ1) is 8.74. The highest BCUT2D eigenvalue weighted by atomic mass is 19.4. The smallest absolute Gasteiger partial charge is 0.329 e. The number of hydrogen-bond donors (Lipinski definition) is 0. The fourth-order valence-corrected chi connectivity index (χ4v) is 1.70. The first kappa shape index (κ1) is 15.5. The molecule has 0 aliphatic carbocycles. The summed E-state index contributed by atoms with van der Waals surface area (Å²) in [5, 5.41) is 0. The van der Waals surface area contributed by atoms with Gasteiger partial charge in [0.05, 0.1) is 5.56 Å². The van der Waals surface area contributed by atoms with Crippen molar-refractivity contribution in [1.29, 1.82) is 0 Å². The summed E-state index contributed by atoms with van der Waals surface area (Å²) in [6.07, 6.45) is -4.12. The predicted molar refractivity (Wildman–Crippen MR) is 63.4 cm³/mol. The predicted octanol–water partition coefficient (Wildman–Crippen LogP) is 3.55. The lowest BCUT2D eigenvalue weighted by molar-refractivity contribution is -0.140. The topological polar surface area (TPSA) is 20.3 Å². The van der Waals surface area contributed by atoms with Gasteiger partial charge in [-0.1, -0.05) is 13.0 Å². The van der Waals surface area contributed by atoms with Crippen LogP contribution in [0.1, 0.15) is 29.3 Å². The maximum Gasteiger partial charge on any atom is 0.406 e. The monoisotopic (exact) mass is 277 g/mol. The van der Waals surface area contributed by atoms with Crippen LogP contribution in [0.2, 0.25) is 0 Å². The molecule has 0 bridgehead atoms. The van der Waals surface area contributed by atoms with Gasteiger partial charge in [0, 0.05) is 6.54 Å². The second-order valence-corrected chi connectivity index (χ2v) is 4.33. The molecule has 0 aliphatic rings. The van der Waals surface area contributed by atoms with Crippen LogP contribution < -0.4 is 0 Å². The molecule has 6 heteroatoms. The van der Waals surface area contributed by atoms with E-state index in [1.165, 1.54) is 12.1 Å². The number of nitrogens with zero attached hydrogens (tertiary/aromatic N) is 1. The van der Waals surface area contributed by atoms with Crippen LogP contribution in [0.5, 0.6) is 0 Å². The minimum absolute atomic E-state index is 0.0638. The Bertz CT molecular complexity index is 456. The van der Waals surface area contributed by atoms with Crippen LogP contribution in [0, 0.1) is 12.7 Å². The molecule has 1 aromatic rings. The standard InChI is InChI=1S/C13H15F4NO/c1-3-6-18(8-13(15,16)17)12(19)10-5-4-9(2)7-11(10)14/h4-5,7H,3,6,8H2,1-2H3. The third-order valence-corrected chi connectivity index (χ3v) is 2.51. The highest BCUT2D eigenvalue weighted by molar-refractivity contribution is 5.94. The second kappa shape index (κ2) is 6.04. The summed E-state index contributed by atoms with van der Waals surface area (Å²) < 4.78 is 50.8. The Hall–Kier alpha value is -1.59. The van der Waals surface area contributed by atoms with Crippen molar-refractivity contribution in [3.8, 4) is 0 Å². The van der Waals surface area contributed by atoms with Crippen molar-refractivity contribution in [3.63, 3.8) is 0 Å². The average Bonchev–Trinajstić information content (AvgIpc) is 2.26. The average molecular weight is 277 g/mol. The van der Waals surface area contributed by atoms with E-state index in [0.29, 0.717) is 16.9 Å². The van der Waals surface area contributed by atoms with E-state index in [0.717, 1.165) is 6.07 Å². The van der Waals surface area contributed by atoms with E-state index in [9.17, 15) is 22.4 Å². The van der Waals surface area contributed by atoms with Crippen molar-refractivity contribution >= 4 is 5.91 Å². The Morgan fingerprint density at radius 1 is 1.32 bits per heavy atom. The maximum atomic E-state index is 13.6. The van der Waals surface area contributed by atoms with Crippen LogP contribution in [-0.4, -0.2) is 30.1 Å². The van der Waals surface area contributed by atoms with Gasteiger partial charge in [-0.05, 0) is 31.0 Å². The molecular formula is C13H15F4NO. The van der Waals surface area contributed by atoms with E-state index < -0.39 is 24.4 Å². The molecule has 1 rings (SSSR count). The molecule has 0 unspecified atom stereocenters. The van der Waals surface area contributed by atoms with Crippen molar-refractivity contribution < 1.29 is 22.4 Å². The maximum absolute atomic E-state index is 13.6. The SMILES string of the molecule is CCCN(CC(F)(F)F)C(=O)c1ccc(C)cc1F. The van der Waals surface area contributed by atoms with Gasteiger partial charge in [-0.25, -0.2) is 4.39 Å². The zero-order chi connectivity index (χ0) is 14.6. The zero-order valence-electron chi connectivity index (χ0n) is 10.7. The van der Waals surface area contributed by atoms with Crippen molar-refractivity contribution in [3.05, 3.63) is 35.1 Å². The molecular weight excluding hydrogens is 262 g/mol. The Morgan fingerprint density at radius 2 is 1.95 bits per heavy atom. The summed E-state index contributed by atoms with van der Waals surface area (Å²) in [7, 11) is 0. The van der Waals surface area contributed by atoms with E-state index in [4.69, 9.17) is 0 Å². The summed E-state index contributed by atoms with van der Waals surface area (Å²) in [6, 6.07) is 3.84. The molecule has 0 radical (unpaired) electrons. The van der Waals surface area contributed by atoms with Crippen LogP contribution in [-0.2, 0) is 0 Å². The lowest BCUT2D eigenvalue weighted by Crippen LogP contribution is -2.39. The van der Waals surface area contributed by atoms with Crippen molar-refractivity contribution in [2.24, 2.45) is 0 Å². The molecule has 0 saturated heterocycles. The molecule has 2 nitrogen and oxygen atoms in total. The molecule has 19 heavy (non-hydrogen) atoms. The van der Waals surface area contributed by atoms with Gasteiger partial charge in [0.25, 0.3) is 5.91 Å². The number of amides is 1. The second-order valence-electron chi connectivity index (χ2n) is 4.33. The number of alkyl halides is 3. The molecule has 0 saturated carbocycles. The first-order valence-corrected chi connectivity index (χ1v) is 5.86. The number of rotatable bonds is 4. The summed E-state index contributed by atoms with van der Waals surface area (Å²) in [4.78, 5) is 12.5. The quantitative estimate of drug-likeness (QED) is 0.771. The zero-order valence-corrected chi connectivity index (χ0v) is 10.7. The number of hydrogen-bond acceptors (Lipinski definition) is 1. The number of benzene rings is 1. The van der Waals surface area contributed by atoms with Crippen LogP contribution in [0.25, 0.3) is 0 Å². The molecule has 0 spiro atoms. The van der Waals surface area contributed by atoms with Gasteiger partial charge in [0.2, 0.25) is 0 Å². The minimum Gasteiger partial charge on any atom is -0.329 e. The Kier molecular flexibility index (Phi) is 4.91. The Balaban J connectivity index is 2.99. The third kappa shape index (κ3) is 4.54. The number of halogens is 4. The largest absolute Gasteiger partial charge is 0.406 e. The normalized spacial score (nSPS) is 11.5. The molecule has 0 N–H and O–H groups in total. The van der Waals surface area contributed by atoms with Crippen molar-refractivity contribution in [2.75, 3.05) is 13.1 Å². The lowest BCUT2D eigenvalue weighted by atomic mass is 10.1. The molecule has 0 aromatic heterocycles. The summed E-state index contributed by atoms with van der Waals surface area (Å²) >= 11 is 0. The number of carbonyl (C=O) groups is 1. The highest BCUT2D eigenvalue weighted by Gasteiger charge is 2.33. The van der Waals surface area contributed by atoms with Gasteiger partial charge in [-0.15, -0.1) is 0 Å². The van der Waals surface area contributed by atoms with Crippen molar-refractivity contribution in [2.45, 2.75) is 26.4 Å². The Morgan fingerprint density at radius 3 is 2.42 bits per heavy atom. The van der Waals surface area contributed by atoms with Gasteiger partial charge < -0.3 is 4.90 Å². The van der Waals surface area contributed by atoms with Crippen LogP contribution in [0.15, 0.2) is 18.2 Å². The molecule has 0 aliphatic heterocycles. The summed E-state index contributed by atoms with van der Waals surface area (Å²) in [6.45, 7) is 1.86. The van der Waals surface area contributed by atoms with Gasteiger partial charge in [-0.2, -0.15) is 13.2 Å². The van der Waals surface area contributed by atoms with Crippen LogP contribution in [0.4, 0.5) is 17.6 Å². The first-order valence-electron chi connectivity index (χ1n) is 5.86. The molecule has 1 aromatic carbocycles. The highest BCUT2D eigenvalue weighted by Crippen LogP contribution is 2.19. The van der Waals surface area contributed by atoms with E-state index in [-0.39, 0.29) is 12.1 Å². The van der Waals surface area contributed by atoms with Gasteiger partial charge in [-0.3, -0.25) is 4.79 Å². The van der Waals surface area contributed by atoms with E-state index >= 15 is 0 Å². The number of carbonyl (C=O) groups excluding carboxylic acids is 1. The van der Waals surface area contributed by atoms with E-state index in [1.54, 1.807) is 13.8 Å². The van der Waals surface area contributed by atoms with Crippen LogP contribution >= 0.6 is 0 Å². The minimum atomic E-state index is -4.49. The van der Waals surface area contributed by atoms with Crippen LogP contribution in [0.3, 0.4) is 0 Å². The molecule has 0 atom stereocenters. The van der Waals surface area contributed by atoms with Gasteiger partial charge >= 0.3 is 6.18 Å². The molecule has 106 valence electrons. The van der Waals surface area contributed by atoms with Crippen molar-refractivity contribution in [1.82, 2.24) is 4.90 Å². The lowest BCUT2D eigenvalue weighted by Gasteiger charge is -2.23. The Labute approximate surface area is 109 Å². The van der Waals surface area contributed by atoms with E-state index in [1.807, 2.05) is 0 Å². The summed E-state index contributed by atoms with van der Waals surface area (Å²) in [5.41, 5.74) is 0.273. The van der Waals surface area contributed by atoms with Gasteiger partial charge in [0.1, 0.15) is 12.4 Å². The summed E-state index contributed by atoms with van der Waals surface area (Å²) in [5.74, 6) is -1.73. The molecule has 0 heterocycles.